The van der Waals surface area contributed by atoms with Crippen molar-refractivity contribution in [1.29, 1.82) is 0 Å². The molecule has 1 amide bonds. The summed E-state index contributed by atoms with van der Waals surface area (Å²) < 4.78 is 5.46. The second kappa shape index (κ2) is 5.15. The minimum atomic E-state index is 0.0400. The van der Waals surface area contributed by atoms with Crippen LogP contribution in [0.5, 0.6) is 0 Å². The molecule has 4 nitrogen and oxygen atoms in total. The van der Waals surface area contributed by atoms with Crippen LogP contribution in [0, 0.1) is 5.92 Å². The van der Waals surface area contributed by atoms with Crippen molar-refractivity contribution < 1.29 is 9.53 Å². The third-order valence-electron chi connectivity index (χ3n) is 3.74. The molecule has 0 spiro atoms. The minimum absolute atomic E-state index is 0.0400. The Balaban J connectivity index is 1.82. The molecule has 4 atom stereocenters. The molecule has 0 bridgehead atoms. The highest BCUT2D eigenvalue weighted by Gasteiger charge is 2.32. The van der Waals surface area contributed by atoms with Gasteiger partial charge in [0.05, 0.1) is 12.0 Å². The Hall–Kier alpha value is -0.610. The fourth-order valence-electron chi connectivity index (χ4n) is 2.75. The van der Waals surface area contributed by atoms with Crippen LogP contribution in [-0.2, 0) is 9.53 Å². The van der Waals surface area contributed by atoms with Crippen LogP contribution >= 0.6 is 0 Å². The molecule has 1 saturated heterocycles. The summed E-state index contributed by atoms with van der Waals surface area (Å²) in [5.41, 5.74) is 5.93. The average Bonchev–Trinajstić information content (AvgIpc) is 2.64. The summed E-state index contributed by atoms with van der Waals surface area (Å²) >= 11 is 0. The van der Waals surface area contributed by atoms with Crippen LogP contribution in [0.4, 0.5) is 0 Å². The summed E-state index contributed by atoms with van der Waals surface area (Å²) in [5.74, 6) is 0.197. The van der Waals surface area contributed by atoms with Crippen LogP contribution in [0.3, 0.4) is 0 Å². The first-order chi connectivity index (χ1) is 7.66. The summed E-state index contributed by atoms with van der Waals surface area (Å²) in [6.07, 6.45) is 5.14. The van der Waals surface area contributed by atoms with Crippen molar-refractivity contribution in [2.24, 2.45) is 11.7 Å². The van der Waals surface area contributed by atoms with E-state index in [-0.39, 0.29) is 30.0 Å². The lowest BCUT2D eigenvalue weighted by Gasteiger charge is -2.29. The molecule has 1 saturated carbocycles. The van der Waals surface area contributed by atoms with Crippen molar-refractivity contribution in [2.45, 2.75) is 57.2 Å². The van der Waals surface area contributed by atoms with Gasteiger partial charge in [0.25, 0.3) is 0 Å². The van der Waals surface area contributed by atoms with E-state index in [0.29, 0.717) is 0 Å². The van der Waals surface area contributed by atoms with Crippen LogP contribution in [0.25, 0.3) is 0 Å². The highest BCUT2D eigenvalue weighted by Crippen LogP contribution is 2.24. The summed E-state index contributed by atoms with van der Waals surface area (Å²) in [6.45, 7) is 2.81. The molecule has 1 aliphatic heterocycles. The Kier molecular flexibility index (Phi) is 3.82. The van der Waals surface area contributed by atoms with Crippen molar-refractivity contribution >= 4 is 5.91 Å². The van der Waals surface area contributed by atoms with Crippen molar-refractivity contribution in [3.63, 3.8) is 0 Å². The van der Waals surface area contributed by atoms with E-state index in [4.69, 9.17) is 10.5 Å². The van der Waals surface area contributed by atoms with Crippen LogP contribution in [-0.4, -0.2) is 30.7 Å². The minimum Gasteiger partial charge on any atom is -0.378 e. The van der Waals surface area contributed by atoms with E-state index in [0.717, 1.165) is 38.7 Å². The van der Waals surface area contributed by atoms with Crippen LogP contribution in [0.1, 0.15) is 39.0 Å². The highest BCUT2D eigenvalue weighted by molar-refractivity contribution is 5.80. The smallest absolute Gasteiger partial charge is 0.224 e. The largest absolute Gasteiger partial charge is 0.378 e. The van der Waals surface area contributed by atoms with Crippen molar-refractivity contribution in [2.75, 3.05) is 6.61 Å². The molecule has 1 aliphatic carbocycles. The summed E-state index contributed by atoms with van der Waals surface area (Å²) in [7, 11) is 0. The normalized spacial score (nSPS) is 39.6. The molecular formula is C12H22N2O2. The summed E-state index contributed by atoms with van der Waals surface area (Å²) in [5, 5.41) is 3.12. The molecule has 2 rings (SSSR count). The number of rotatable bonds is 2. The molecular weight excluding hydrogens is 204 g/mol. The number of amides is 1. The monoisotopic (exact) mass is 226 g/mol. The van der Waals surface area contributed by atoms with Crippen LogP contribution < -0.4 is 11.1 Å². The Morgan fingerprint density at radius 3 is 2.81 bits per heavy atom. The number of carbonyl (C=O) groups is 1. The molecule has 2 fully saturated rings. The standard InChI is InChI=1S/C12H22N2O2/c1-8-7-9(5-6-16-8)14-12(15)10-3-2-4-11(10)13/h8-11H,2-7,13H2,1H3,(H,14,15). The Bertz CT molecular complexity index is 257. The van der Waals surface area contributed by atoms with Gasteiger partial charge in [0.15, 0.2) is 0 Å². The molecule has 0 aromatic heterocycles. The van der Waals surface area contributed by atoms with Crippen molar-refractivity contribution in [3.8, 4) is 0 Å². The second-order valence-electron chi connectivity index (χ2n) is 5.11. The van der Waals surface area contributed by atoms with Crippen LogP contribution in [0.15, 0.2) is 0 Å². The molecule has 4 unspecified atom stereocenters. The zero-order valence-electron chi connectivity index (χ0n) is 9.95. The molecule has 0 radical (unpaired) electrons. The third kappa shape index (κ3) is 2.74. The predicted octanol–water partition coefficient (Wildman–Crippen LogP) is 0.797. The van der Waals surface area contributed by atoms with E-state index < -0.39 is 0 Å². The number of nitrogens with one attached hydrogen (secondary N) is 1. The number of carbonyl (C=O) groups excluding carboxylic acids is 1. The van der Waals surface area contributed by atoms with Gasteiger partial charge < -0.3 is 15.8 Å². The topological polar surface area (TPSA) is 64.4 Å². The molecule has 3 N–H and O–H groups in total. The maximum atomic E-state index is 12.0. The van der Waals surface area contributed by atoms with Crippen molar-refractivity contribution in [1.82, 2.24) is 5.32 Å². The maximum absolute atomic E-state index is 12.0. The molecule has 4 heteroatoms. The lowest BCUT2D eigenvalue weighted by atomic mass is 10.00. The number of nitrogens with two attached hydrogens (primary N) is 1. The SMILES string of the molecule is CC1CC(NC(=O)C2CCCC2N)CCO1. The zero-order valence-corrected chi connectivity index (χ0v) is 9.95. The van der Waals surface area contributed by atoms with E-state index >= 15 is 0 Å². The Labute approximate surface area is 96.9 Å². The van der Waals surface area contributed by atoms with Gasteiger partial charge in [-0.25, -0.2) is 0 Å². The fourth-order valence-corrected chi connectivity index (χ4v) is 2.75. The van der Waals surface area contributed by atoms with Gasteiger partial charge in [0, 0.05) is 18.7 Å². The van der Waals surface area contributed by atoms with Gasteiger partial charge in [0.1, 0.15) is 0 Å². The molecule has 16 heavy (non-hydrogen) atoms. The van der Waals surface area contributed by atoms with E-state index in [1.807, 2.05) is 0 Å². The summed E-state index contributed by atoms with van der Waals surface area (Å²) in [4.78, 5) is 12.0. The zero-order chi connectivity index (χ0) is 11.5. The van der Waals surface area contributed by atoms with Gasteiger partial charge in [0.2, 0.25) is 5.91 Å². The first-order valence-electron chi connectivity index (χ1n) is 6.34. The fraction of sp³-hybridized carbons (Fsp3) is 0.917. The maximum Gasteiger partial charge on any atom is 0.224 e. The molecule has 1 heterocycles. The highest BCUT2D eigenvalue weighted by atomic mass is 16.5. The Morgan fingerprint density at radius 2 is 2.19 bits per heavy atom. The average molecular weight is 226 g/mol. The number of ether oxygens (including phenoxy) is 1. The van der Waals surface area contributed by atoms with E-state index in [1.165, 1.54) is 0 Å². The molecule has 0 aromatic rings. The van der Waals surface area contributed by atoms with E-state index in [9.17, 15) is 4.79 Å². The van der Waals surface area contributed by atoms with Gasteiger partial charge in [-0.15, -0.1) is 0 Å². The van der Waals surface area contributed by atoms with Gasteiger partial charge in [-0.05, 0) is 32.6 Å². The molecule has 2 aliphatic rings. The van der Waals surface area contributed by atoms with E-state index in [2.05, 4.69) is 12.2 Å². The second-order valence-corrected chi connectivity index (χ2v) is 5.11. The molecule has 92 valence electrons. The lowest BCUT2D eigenvalue weighted by Crippen LogP contribution is -2.46. The van der Waals surface area contributed by atoms with Crippen molar-refractivity contribution in [3.05, 3.63) is 0 Å². The van der Waals surface area contributed by atoms with E-state index in [1.54, 1.807) is 0 Å². The molecule has 0 aromatic carbocycles. The van der Waals surface area contributed by atoms with Crippen LogP contribution in [0.2, 0.25) is 0 Å². The van der Waals surface area contributed by atoms with Gasteiger partial charge in [-0.1, -0.05) is 6.42 Å². The quantitative estimate of drug-likeness (QED) is 0.732. The first-order valence-corrected chi connectivity index (χ1v) is 6.34. The van der Waals surface area contributed by atoms with Gasteiger partial charge in [-0.2, -0.15) is 0 Å². The number of hydrogen-bond donors (Lipinski definition) is 2. The third-order valence-corrected chi connectivity index (χ3v) is 3.74. The number of hydrogen-bond acceptors (Lipinski definition) is 3. The summed E-state index contributed by atoms with van der Waals surface area (Å²) in [6, 6.07) is 0.348. The first kappa shape index (κ1) is 11.9. The Morgan fingerprint density at radius 1 is 1.38 bits per heavy atom. The van der Waals surface area contributed by atoms with Gasteiger partial charge in [-0.3, -0.25) is 4.79 Å². The van der Waals surface area contributed by atoms with Gasteiger partial charge >= 0.3 is 0 Å². The predicted molar refractivity (Wildman–Crippen MR) is 61.9 cm³/mol. The lowest BCUT2D eigenvalue weighted by molar-refractivity contribution is -0.126.